The van der Waals surface area contributed by atoms with E-state index in [0.717, 1.165) is 7.11 Å². The average molecular weight is 297 g/mol. The summed E-state index contributed by atoms with van der Waals surface area (Å²) in [6, 6.07) is 1.18. The molecule has 0 aliphatic carbocycles. The molecule has 0 unspecified atom stereocenters. The summed E-state index contributed by atoms with van der Waals surface area (Å²) in [5, 5.41) is 21.3. The van der Waals surface area contributed by atoms with Crippen LogP contribution in [-0.4, -0.2) is 25.4 Å². The molecule has 0 aromatic heterocycles. The lowest BCUT2D eigenvalue weighted by Crippen LogP contribution is -2.02. The van der Waals surface area contributed by atoms with Crippen molar-refractivity contribution in [2.45, 2.75) is 4.90 Å². The molecule has 1 aromatic rings. The Morgan fingerprint density at radius 2 is 1.78 bits per heavy atom. The van der Waals surface area contributed by atoms with Crippen LogP contribution in [-0.2, 0) is 9.05 Å². The zero-order valence-electron chi connectivity index (χ0n) is 8.69. The van der Waals surface area contributed by atoms with E-state index < -0.39 is 40.9 Å². The maximum absolute atomic E-state index is 11.2. The van der Waals surface area contributed by atoms with Crippen LogP contribution >= 0.6 is 10.7 Å². The van der Waals surface area contributed by atoms with Crippen molar-refractivity contribution in [2.24, 2.45) is 0 Å². The highest BCUT2D eigenvalue weighted by atomic mass is 35.7. The molecule has 0 radical (unpaired) electrons. The molecule has 1 aromatic carbocycles. The molecule has 0 spiro atoms. The van der Waals surface area contributed by atoms with Gasteiger partial charge in [0.2, 0.25) is 5.75 Å². The van der Waals surface area contributed by atoms with Gasteiger partial charge < -0.3 is 4.74 Å². The summed E-state index contributed by atoms with van der Waals surface area (Å²) in [5.74, 6) is -0.652. The van der Waals surface area contributed by atoms with Gasteiger partial charge in [-0.2, -0.15) is 0 Å². The molecule has 98 valence electrons. The van der Waals surface area contributed by atoms with Crippen molar-refractivity contribution < 1.29 is 23.0 Å². The number of ether oxygens (including phenoxy) is 1. The van der Waals surface area contributed by atoms with Gasteiger partial charge in [0.25, 0.3) is 14.7 Å². The van der Waals surface area contributed by atoms with Crippen molar-refractivity contribution in [3.63, 3.8) is 0 Å². The Hall–Kier alpha value is -1.94. The number of rotatable bonds is 4. The summed E-state index contributed by atoms with van der Waals surface area (Å²) in [6.07, 6.45) is 0. The summed E-state index contributed by atoms with van der Waals surface area (Å²) in [5.41, 5.74) is -1.63. The zero-order valence-corrected chi connectivity index (χ0v) is 10.3. The van der Waals surface area contributed by atoms with Crippen LogP contribution in [0.15, 0.2) is 17.0 Å². The van der Waals surface area contributed by atoms with E-state index in [2.05, 4.69) is 4.74 Å². The van der Waals surface area contributed by atoms with E-state index in [9.17, 15) is 28.6 Å². The number of nitro groups is 2. The third kappa shape index (κ3) is 2.65. The molecular weight excluding hydrogens is 292 g/mol. The Morgan fingerprint density at radius 3 is 2.11 bits per heavy atom. The van der Waals surface area contributed by atoms with E-state index in [0.29, 0.717) is 12.1 Å². The summed E-state index contributed by atoms with van der Waals surface area (Å²) in [6.45, 7) is 0. The highest BCUT2D eigenvalue weighted by molar-refractivity contribution is 8.13. The van der Waals surface area contributed by atoms with E-state index in [4.69, 9.17) is 10.7 Å². The van der Waals surface area contributed by atoms with Crippen molar-refractivity contribution in [3.8, 4) is 5.75 Å². The average Bonchev–Trinajstić information content (AvgIpc) is 2.25. The highest BCUT2D eigenvalue weighted by Gasteiger charge is 2.30. The van der Waals surface area contributed by atoms with E-state index >= 15 is 0 Å². The van der Waals surface area contributed by atoms with Crippen molar-refractivity contribution in [1.82, 2.24) is 0 Å². The summed E-state index contributed by atoms with van der Waals surface area (Å²) < 4.78 is 27.0. The van der Waals surface area contributed by atoms with Gasteiger partial charge in [0.1, 0.15) is 4.90 Å². The fourth-order valence-electron chi connectivity index (χ4n) is 1.20. The van der Waals surface area contributed by atoms with Crippen LogP contribution in [0, 0.1) is 20.2 Å². The summed E-state index contributed by atoms with van der Waals surface area (Å²) in [7, 11) is 1.61. The smallest absolute Gasteiger partial charge is 0.319 e. The SMILES string of the molecule is COc1c([N+](=O)[O-])cc([N+](=O)[O-])cc1S(=O)(=O)Cl. The molecule has 0 fully saturated rings. The molecule has 0 bridgehead atoms. The zero-order chi connectivity index (χ0) is 14.1. The molecule has 0 saturated heterocycles. The molecule has 0 atom stereocenters. The number of non-ortho nitro benzene ring substituents is 1. The number of hydrogen-bond donors (Lipinski definition) is 0. The maximum atomic E-state index is 11.2. The van der Waals surface area contributed by atoms with Gasteiger partial charge in [0, 0.05) is 16.7 Å². The predicted octanol–water partition coefficient (Wildman–Crippen LogP) is 1.44. The van der Waals surface area contributed by atoms with Crippen molar-refractivity contribution >= 4 is 31.1 Å². The van der Waals surface area contributed by atoms with E-state index in [1.165, 1.54) is 0 Å². The Labute approximate surface area is 105 Å². The fourth-order valence-corrected chi connectivity index (χ4v) is 2.22. The first-order valence-electron chi connectivity index (χ1n) is 4.14. The highest BCUT2D eigenvalue weighted by Crippen LogP contribution is 2.39. The van der Waals surface area contributed by atoms with Crippen LogP contribution in [0.25, 0.3) is 0 Å². The quantitative estimate of drug-likeness (QED) is 0.466. The molecule has 0 amide bonds. The lowest BCUT2D eigenvalue weighted by atomic mass is 10.2. The van der Waals surface area contributed by atoms with E-state index in [1.54, 1.807) is 0 Å². The molecule has 0 aliphatic rings. The second-order valence-electron chi connectivity index (χ2n) is 2.95. The predicted molar refractivity (Wildman–Crippen MR) is 59.3 cm³/mol. The third-order valence-electron chi connectivity index (χ3n) is 1.89. The standard InChI is InChI=1S/C7H5ClN2O7S/c1-17-7-5(10(13)14)2-4(9(11)12)3-6(7)18(8,15)16/h2-3H,1H3. The molecule has 9 nitrogen and oxygen atoms in total. The Morgan fingerprint density at radius 1 is 1.22 bits per heavy atom. The van der Waals surface area contributed by atoms with Gasteiger partial charge >= 0.3 is 5.69 Å². The minimum Gasteiger partial charge on any atom is -0.489 e. The summed E-state index contributed by atoms with van der Waals surface area (Å²) >= 11 is 0. The lowest BCUT2D eigenvalue weighted by Gasteiger charge is -2.05. The van der Waals surface area contributed by atoms with Gasteiger partial charge in [-0.05, 0) is 0 Å². The fraction of sp³-hybridized carbons (Fsp3) is 0.143. The number of halogens is 1. The molecule has 11 heteroatoms. The van der Waals surface area contributed by atoms with Crippen molar-refractivity contribution in [2.75, 3.05) is 7.11 Å². The first kappa shape index (κ1) is 14.1. The Bertz CT molecular complexity index is 627. The van der Waals surface area contributed by atoms with Gasteiger partial charge in [-0.15, -0.1) is 0 Å². The molecule has 0 N–H and O–H groups in total. The van der Waals surface area contributed by atoms with Gasteiger partial charge in [-0.3, -0.25) is 20.2 Å². The molecule has 0 saturated carbocycles. The van der Waals surface area contributed by atoms with Gasteiger partial charge in [-0.25, -0.2) is 8.42 Å². The number of methoxy groups -OCH3 is 1. The van der Waals surface area contributed by atoms with Crippen LogP contribution in [0.4, 0.5) is 11.4 Å². The largest absolute Gasteiger partial charge is 0.489 e. The molecule has 1 rings (SSSR count). The Kier molecular flexibility index (Phi) is 3.72. The van der Waals surface area contributed by atoms with Crippen LogP contribution < -0.4 is 4.74 Å². The van der Waals surface area contributed by atoms with E-state index in [1.807, 2.05) is 0 Å². The normalized spacial score (nSPS) is 11.0. The second-order valence-corrected chi connectivity index (χ2v) is 5.48. The van der Waals surface area contributed by atoms with Crippen LogP contribution in [0.3, 0.4) is 0 Å². The van der Waals surface area contributed by atoms with Crippen LogP contribution in [0.5, 0.6) is 5.75 Å². The second kappa shape index (κ2) is 4.74. The van der Waals surface area contributed by atoms with Gasteiger partial charge in [0.15, 0.2) is 0 Å². The molecular formula is C7H5ClN2O7S. The van der Waals surface area contributed by atoms with Gasteiger partial charge in [-0.1, -0.05) is 0 Å². The number of nitrogens with zero attached hydrogens (tertiary/aromatic N) is 2. The topological polar surface area (TPSA) is 130 Å². The molecule has 18 heavy (non-hydrogen) atoms. The monoisotopic (exact) mass is 296 g/mol. The van der Waals surface area contributed by atoms with Crippen molar-refractivity contribution in [1.29, 1.82) is 0 Å². The number of benzene rings is 1. The first-order valence-corrected chi connectivity index (χ1v) is 6.45. The number of nitro benzene ring substituents is 2. The minimum atomic E-state index is -4.42. The minimum absolute atomic E-state index is 0.588. The lowest BCUT2D eigenvalue weighted by molar-refractivity contribution is -0.395. The maximum Gasteiger partial charge on any atom is 0.319 e. The van der Waals surface area contributed by atoms with E-state index in [-0.39, 0.29) is 0 Å². The third-order valence-corrected chi connectivity index (χ3v) is 3.22. The van der Waals surface area contributed by atoms with Crippen LogP contribution in [0.1, 0.15) is 0 Å². The Balaban J connectivity index is 3.78. The van der Waals surface area contributed by atoms with Crippen molar-refractivity contribution in [3.05, 3.63) is 32.4 Å². The van der Waals surface area contributed by atoms with Crippen LogP contribution in [0.2, 0.25) is 0 Å². The summed E-state index contributed by atoms with van der Waals surface area (Å²) in [4.78, 5) is 18.5. The molecule has 0 heterocycles. The first-order chi connectivity index (χ1) is 8.18. The number of hydrogen-bond acceptors (Lipinski definition) is 7. The molecule has 0 aliphatic heterocycles. The van der Waals surface area contributed by atoms with Gasteiger partial charge in [0.05, 0.1) is 23.0 Å².